The van der Waals surface area contributed by atoms with Gasteiger partial charge >= 0.3 is 5.97 Å². The number of amides is 2. The van der Waals surface area contributed by atoms with E-state index in [9.17, 15) is 19.5 Å². The van der Waals surface area contributed by atoms with E-state index in [0.717, 1.165) is 14.2 Å². The van der Waals surface area contributed by atoms with Crippen LogP contribution in [0.5, 0.6) is 0 Å². The minimum absolute atomic E-state index is 0.113. The molecule has 2 amide bonds. The summed E-state index contributed by atoms with van der Waals surface area (Å²) in [6.45, 7) is 0.113. The van der Waals surface area contributed by atoms with Gasteiger partial charge in [0.05, 0.1) is 6.42 Å². The maximum Gasteiger partial charge on any atom is 0.322 e. The number of halogens is 1. The zero-order chi connectivity index (χ0) is 20.6. The lowest BCUT2D eigenvalue weighted by Gasteiger charge is -2.53. The van der Waals surface area contributed by atoms with E-state index in [2.05, 4.69) is 21.2 Å². The van der Waals surface area contributed by atoms with Gasteiger partial charge in [-0.2, -0.15) is 0 Å². The van der Waals surface area contributed by atoms with E-state index in [1.54, 1.807) is 4.90 Å². The van der Waals surface area contributed by atoms with Crippen LogP contribution in [0.3, 0.4) is 0 Å². The fourth-order valence-electron chi connectivity index (χ4n) is 3.32. The number of carboxylic acid groups (broad SMARTS) is 1. The van der Waals surface area contributed by atoms with Crippen molar-refractivity contribution < 1.29 is 19.5 Å². The van der Waals surface area contributed by atoms with Gasteiger partial charge in [0, 0.05) is 26.5 Å². The van der Waals surface area contributed by atoms with Gasteiger partial charge in [-0.3, -0.25) is 14.4 Å². The Morgan fingerprint density at radius 3 is 2.79 bits per heavy atom. The van der Waals surface area contributed by atoms with E-state index in [1.165, 1.54) is 34.9 Å². The summed E-state index contributed by atoms with van der Waals surface area (Å²) >= 11 is 7.63. The summed E-state index contributed by atoms with van der Waals surface area (Å²) < 4.78 is -0.307. The number of hydrogen-bond acceptors (Lipinski definition) is 6. The molecular weight excluding hydrogens is 496 g/mol. The Labute approximate surface area is 188 Å². The second-order valence-electron chi connectivity index (χ2n) is 6.80. The molecule has 2 aliphatic heterocycles. The largest absolute Gasteiger partial charge is 0.480 e. The van der Waals surface area contributed by atoms with Gasteiger partial charge in [0.1, 0.15) is 16.2 Å². The van der Waals surface area contributed by atoms with Crippen LogP contribution in [0.1, 0.15) is 4.88 Å². The number of aliphatic carboxylic acids is 1. The molecule has 0 spiro atoms. The van der Waals surface area contributed by atoms with Gasteiger partial charge in [-0.15, -0.1) is 34.9 Å². The van der Waals surface area contributed by atoms with Crippen molar-refractivity contribution in [1.29, 1.82) is 0 Å². The van der Waals surface area contributed by atoms with Crippen molar-refractivity contribution in [3.05, 3.63) is 51.1 Å². The van der Waals surface area contributed by atoms with Crippen molar-refractivity contribution in [1.82, 2.24) is 10.2 Å². The van der Waals surface area contributed by atoms with Crippen molar-refractivity contribution in [2.45, 2.75) is 27.5 Å². The van der Waals surface area contributed by atoms with Crippen molar-refractivity contribution in [2.75, 3.05) is 12.3 Å². The third-order valence-corrected chi connectivity index (χ3v) is 9.77. The average Bonchev–Trinajstić information content (AvgIpc) is 3.20. The highest BCUT2D eigenvalue weighted by molar-refractivity contribution is 9.10. The number of hydrogen-bond donors (Lipinski definition) is 2. The van der Waals surface area contributed by atoms with Gasteiger partial charge in [-0.25, -0.2) is 0 Å². The Bertz CT molecular complexity index is 955. The molecule has 2 N–H and O–H groups in total. The molecule has 29 heavy (non-hydrogen) atoms. The fraction of sp³-hybridized carbons (Fsp3) is 0.316. The molecule has 2 aromatic rings. The summed E-state index contributed by atoms with van der Waals surface area (Å²) in [6.07, 6.45) is 0.246. The Hall–Kier alpha value is -1.49. The van der Waals surface area contributed by atoms with E-state index in [-0.39, 0.29) is 30.2 Å². The second kappa shape index (κ2) is 8.33. The van der Waals surface area contributed by atoms with Gasteiger partial charge in [-0.05, 0) is 39.5 Å². The fourth-order valence-corrected chi connectivity index (χ4v) is 7.41. The number of nitrogens with zero attached hydrogens (tertiary/aromatic N) is 1. The molecule has 0 saturated carbocycles. The van der Waals surface area contributed by atoms with Gasteiger partial charge in [0.15, 0.2) is 0 Å². The first-order valence-corrected chi connectivity index (χ1v) is 12.3. The van der Waals surface area contributed by atoms with Gasteiger partial charge in [0.25, 0.3) is 0 Å². The van der Waals surface area contributed by atoms with Gasteiger partial charge in [0.2, 0.25) is 11.8 Å². The first-order valence-electron chi connectivity index (χ1n) is 8.80. The Morgan fingerprint density at radius 2 is 2.10 bits per heavy atom. The molecule has 1 aromatic carbocycles. The van der Waals surface area contributed by atoms with E-state index < -0.39 is 16.8 Å². The molecule has 2 fully saturated rings. The van der Waals surface area contributed by atoms with E-state index in [1.807, 2.05) is 41.8 Å². The Morgan fingerprint density at radius 1 is 1.31 bits per heavy atom. The second-order valence-corrected chi connectivity index (χ2v) is 11.2. The molecule has 2 saturated heterocycles. The van der Waals surface area contributed by atoms with Crippen molar-refractivity contribution in [3.63, 3.8) is 0 Å². The summed E-state index contributed by atoms with van der Waals surface area (Å²) in [6, 6.07) is 10.6. The topological polar surface area (TPSA) is 86.7 Å². The quantitative estimate of drug-likeness (QED) is 0.578. The molecule has 0 aliphatic carbocycles. The highest BCUT2D eigenvalue weighted by atomic mass is 79.9. The third-order valence-electron chi connectivity index (χ3n) is 4.82. The minimum Gasteiger partial charge on any atom is -0.480 e. The Kier molecular flexibility index (Phi) is 5.97. The van der Waals surface area contributed by atoms with Crippen molar-refractivity contribution in [2.24, 2.45) is 0 Å². The highest BCUT2D eigenvalue weighted by Gasteiger charge is 2.58. The van der Waals surface area contributed by atoms with Crippen LogP contribution in [0.2, 0.25) is 0 Å². The molecule has 4 rings (SSSR count). The minimum atomic E-state index is -1.13. The molecule has 1 aromatic heterocycles. The monoisotopic (exact) mass is 512 g/mol. The normalized spacial score (nSPS) is 25.8. The SMILES string of the molecule is O=C(Cc1cccs1)N[C@@H]1C(=O)N2CC(Sc3ccccc3Br)(C(=O)O)CS[C@H]12. The van der Waals surface area contributed by atoms with Crippen molar-refractivity contribution >= 4 is 68.6 Å². The van der Waals surface area contributed by atoms with Gasteiger partial charge < -0.3 is 15.3 Å². The van der Waals surface area contributed by atoms with E-state index in [0.29, 0.717) is 5.75 Å². The molecular formula is C19H17BrN2O4S3. The van der Waals surface area contributed by atoms with Crippen LogP contribution in [0.15, 0.2) is 51.1 Å². The summed E-state index contributed by atoms with van der Waals surface area (Å²) in [5.74, 6) is -1.01. The first-order chi connectivity index (χ1) is 13.9. The zero-order valence-corrected chi connectivity index (χ0v) is 19.1. The van der Waals surface area contributed by atoms with E-state index >= 15 is 0 Å². The maximum absolute atomic E-state index is 12.7. The number of thioether (sulfide) groups is 2. The number of thiophene rings is 1. The smallest absolute Gasteiger partial charge is 0.322 e. The summed E-state index contributed by atoms with van der Waals surface area (Å²) in [4.78, 5) is 40.4. The lowest BCUT2D eigenvalue weighted by Crippen LogP contribution is -2.74. The van der Waals surface area contributed by atoms with Crippen LogP contribution in [0.4, 0.5) is 0 Å². The number of rotatable bonds is 6. The van der Waals surface area contributed by atoms with Crippen LogP contribution >= 0.6 is 50.8 Å². The number of β-lactam (4-membered cyclic amide) rings is 1. The number of carbonyl (C=O) groups excluding carboxylic acids is 2. The number of fused-ring (bicyclic) bond motifs is 1. The standard InChI is InChI=1S/C19H17BrN2O4S3/c20-12-5-1-2-6-13(12)29-19(18(25)26)9-22-16(24)15(17(22)28-10-19)21-14(23)8-11-4-3-7-27-11/h1-7,15,17H,8-10H2,(H,21,23)(H,25,26)/t15-,17-,19?/m1/s1. The molecule has 3 atom stereocenters. The summed E-state index contributed by atoms with van der Waals surface area (Å²) in [5, 5.41) is 14.5. The Balaban J connectivity index is 1.43. The molecule has 6 nitrogen and oxygen atoms in total. The van der Waals surface area contributed by atoms with Crippen LogP contribution < -0.4 is 5.32 Å². The lowest BCUT2D eigenvalue weighted by atomic mass is 10.0. The lowest BCUT2D eigenvalue weighted by molar-refractivity contribution is -0.152. The predicted molar refractivity (Wildman–Crippen MR) is 118 cm³/mol. The van der Waals surface area contributed by atoms with Gasteiger partial charge in [-0.1, -0.05) is 18.2 Å². The molecule has 152 valence electrons. The molecule has 1 unspecified atom stereocenters. The summed E-state index contributed by atoms with van der Waals surface area (Å²) in [7, 11) is 0. The molecule has 2 aliphatic rings. The van der Waals surface area contributed by atoms with Crippen LogP contribution in [0.25, 0.3) is 0 Å². The molecule has 3 heterocycles. The summed E-state index contributed by atoms with van der Waals surface area (Å²) in [5.41, 5.74) is 0. The molecule has 10 heteroatoms. The number of carboxylic acids is 1. The maximum atomic E-state index is 12.7. The first kappa shape index (κ1) is 20.8. The number of nitrogens with one attached hydrogen (secondary N) is 1. The molecule has 0 bridgehead atoms. The third kappa shape index (κ3) is 4.08. The van der Waals surface area contributed by atoms with Crippen molar-refractivity contribution in [3.8, 4) is 0 Å². The van der Waals surface area contributed by atoms with Crippen LogP contribution in [0, 0.1) is 0 Å². The molecule has 0 radical (unpaired) electrons. The average molecular weight is 513 g/mol. The predicted octanol–water partition coefficient (Wildman–Crippen LogP) is 3.07. The number of carbonyl (C=O) groups is 3. The van der Waals surface area contributed by atoms with Crippen LogP contribution in [-0.2, 0) is 20.8 Å². The highest BCUT2D eigenvalue weighted by Crippen LogP contribution is 2.47. The zero-order valence-electron chi connectivity index (χ0n) is 15.0. The number of benzene rings is 1. The van der Waals surface area contributed by atoms with Crippen LogP contribution in [-0.4, -0.2) is 56.3 Å². The van der Waals surface area contributed by atoms with E-state index in [4.69, 9.17) is 0 Å².